The van der Waals surface area contributed by atoms with Gasteiger partial charge in [0.2, 0.25) is 11.7 Å². The molecule has 4 aliphatic rings. The number of phenolic OH excluding ortho intramolecular Hbond substituents is 1. The first kappa shape index (κ1) is 40.4. The number of oxime groups is 1. The average molecular weight is 760 g/mol. The SMILES string of the molecule is C=CCOC12Oc3ccc(O)cc3C3C(CCCCO)C(CCCCO)C=C(C(=NOCc4ccc([N+](=O)[O-])cc4)CC1N(C)C(=O)CCC1CCCC1)C32. The van der Waals surface area contributed by atoms with Crippen LogP contribution in [0.25, 0.3) is 0 Å². The Morgan fingerprint density at radius 1 is 1.07 bits per heavy atom. The highest BCUT2D eigenvalue weighted by Crippen LogP contribution is 2.61. The molecule has 6 rings (SSSR count). The van der Waals surface area contributed by atoms with Crippen LogP contribution in [0.5, 0.6) is 11.5 Å². The van der Waals surface area contributed by atoms with Crippen molar-refractivity contribution in [3.8, 4) is 11.5 Å². The van der Waals surface area contributed by atoms with Gasteiger partial charge < -0.3 is 34.5 Å². The number of phenols is 1. The number of fused-ring (bicyclic) bond motifs is 2. The fraction of sp³-hybridized carbons (Fsp3) is 0.581. The van der Waals surface area contributed by atoms with Crippen molar-refractivity contribution in [2.75, 3.05) is 26.9 Å². The number of rotatable bonds is 19. The van der Waals surface area contributed by atoms with E-state index in [0.717, 1.165) is 61.6 Å². The number of ether oxygens (including phenoxy) is 2. The minimum Gasteiger partial charge on any atom is -0.508 e. The number of carbonyl (C=O) groups excluding carboxylic acids is 1. The van der Waals surface area contributed by atoms with Gasteiger partial charge in [-0.1, -0.05) is 55.8 Å². The zero-order valence-electron chi connectivity index (χ0n) is 32.0. The summed E-state index contributed by atoms with van der Waals surface area (Å²) in [6.07, 6.45) is 14.7. The maximum absolute atomic E-state index is 14.2. The molecule has 3 aliphatic carbocycles. The summed E-state index contributed by atoms with van der Waals surface area (Å²) in [5.41, 5.74) is 3.14. The molecule has 12 heteroatoms. The van der Waals surface area contributed by atoms with E-state index in [4.69, 9.17) is 19.5 Å². The Kier molecular flexibility index (Phi) is 13.7. The number of hydrogen-bond donors (Lipinski definition) is 3. The number of carbonyl (C=O) groups is 1. The Labute approximate surface area is 324 Å². The van der Waals surface area contributed by atoms with E-state index in [1.54, 1.807) is 41.3 Å². The summed E-state index contributed by atoms with van der Waals surface area (Å²) >= 11 is 0. The van der Waals surface area contributed by atoms with Gasteiger partial charge in [-0.2, -0.15) is 0 Å². The number of aliphatic hydroxyl groups is 2. The third-order valence-corrected chi connectivity index (χ3v) is 12.3. The highest BCUT2D eigenvalue weighted by Gasteiger charge is 2.65. The van der Waals surface area contributed by atoms with Crippen molar-refractivity contribution in [1.29, 1.82) is 0 Å². The number of nitro groups is 1. The number of benzene rings is 2. The van der Waals surface area contributed by atoms with Gasteiger partial charge in [-0.15, -0.1) is 6.58 Å². The standard InChI is InChI=1S/C43H57N3O9/c1-3-24-53-43-39(45(2)40(50)21-16-29-10-4-5-11-29)27-37(44-54-28-30-14-17-32(18-15-30)46(51)52)35-25-31(12-6-8-22-47)34(13-7-9-23-48)41(42(35)43)36-26-33(49)19-20-38(36)55-43/h3,14-15,17-20,25-26,29,31,34,39,41-42,47-49H,1,4-13,16,21-24,27-28H2,2H3. The summed E-state index contributed by atoms with van der Waals surface area (Å²) in [5, 5.41) is 46.5. The van der Waals surface area contributed by atoms with Crippen molar-refractivity contribution >= 4 is 17.3 Å². The zero-order chi connectivity index (χ0) is 39.0. The lowest BCUT2D eigenvalue weighted by Crippen LogP contribution is -2.69. The van der Waals surface area contributed by atoms with E-state index in [1.165, 1.54) is 25.0 Å². The lowest BCUT2D eigenvalue weighted by Gasteiger charge is -2.59. The Morgan fingerprint density at radius 3 is 2.49 bits per heavy atom. The molecular formula is C43H57N3O9. The summed E-state index contributed by atoms with van der Waals surface area (Å²) < 4.78 is 14.0. The molecule has 0 radical (unpaired) electrons. The Bertz CT molecular complexity index is 1710. The van der Waals surface area contributed by atoms with Crippen LogP contribution >= 0.6 is 0 Å². The molecule has 6 atom stereocenters. The van der Waals surface area contributed by atoms with Crippen molar-refractivity contribution in [3.63, 3.8) is 0 Å². The topological polar surface area (TPSA) is 164 Å². The second kappa shape index (κ2) is 18.6. The van der Waals surface area contributed by atoms with Crippen LogP contribution in [0.2, 0.25) is 0 Å². The number of nitro benzene ring substituents is 1. The number of hydrogen-bond acceptors (Lipinski definition) is 10. The van der Waals surface area contributed by atoms with E-state index >= 15 is 0 Å². The number of allylic oxidation sites excluding steroid dienone is 1. The molecule has 55 heavy (non-hydrogen) atoms. The number of non-ortho nitro benzene ring substituents is 1. The summed E-state index contributed by atoms with van der Waals surface area (Å²) in [7, 11) is 1.83. The number of likely N-dealkylation sites (N-methyl/N-ethyl adjacent to an activating group) is 1. The average Bonchev–Trinajstić information content (AvgIpc) is 3.72. The van der Waals surface area contributed by atoms with E-state index in [9.17, 15) is 30.2 Å². The van der Waals surface area contributed by atoms with Crippen LogP contribution in [0.1, 0.15) is 101 Å². The van der Waals surface area contributed by atoms with E-state index in [1.807, 2.05) is 7.05 Å². The molecule has 3 N–H and O–H groups in total. The normalized spacial score (nSPS) is 26.4. The number of amides is 1. The molecule has 1 amide bonds. The van der Waals surface area contributed by atoms with Crippen LogP contribution in [0.15, 0.2) is 71.9 Å². The number of aromatic hydroxyl groups is 1. The van der Waals surface area contributed by atoms with Gasteiger partial charge in [-0.3, -0.25) is 14.9 Å². The molecule has 1 aliphatic heterocycles. The number of aliphatic hydroxyl groups excluding tert-OH is 2. The van der Waals surface area contributed by atoms with Gasteiger partial charge >= 0.3 is 0 Å². The Balaban J connectivity index is 1.47. The van der Waals surface area contributed by atoms with Crippen molar-refractivity contribution in [1.82, 2.24) is 4.90 Å². The number of unbranched alkanes of at least 4 members (excludes halogenated alkanes) is 2. The minimum atomic E-state index is -1.34. The highest BCUT2D eigenvalue weighted by molar-refractivity contribution is 6.03. The first-order chi connectivity index (χ1) is 26.7. The Morgan fingerprint density at radius 2 is 1.80 bits per heavy atom. The van der Waals surface area contributed by atoms with Gasteiger partial charge in [0.1, 0.15) is 24.1 Å². The van der Waals surface area contributed by atoms with Crippen molar-refractivity contribution in [3.05, 3.63) is 88.0 Å². The third kappa shape index (κ3) is 8.92. The van der Waals surface area contributed by atoms with Crippen molar-refractivity contribution < 1.29 is 39.3 Å². The van der Waals surface area contributed by atoms with E-state index in [-0.39, 0.29) is 67.9 Å². The predicted octanol–water partition coefficient (Wildman–Crippen LogP) is 7.56. The molecule has 1 heterocycles. The lowest BCUT2D eigenvalue weighted by atomic mass is 9.55. The van der Waals surface area contributed by atoms with E-state index in [0.29, 0.717) is 36.6 Å². The van der Waals surface area contributed by atoms with E-state index < -0.39 is 22.7 Å². The highest BCUT2D eigenvalue weighted by atomic mass is 16.7. The van der Waals surface area contributed by atoms with Crippen LogP contribution in [-0.2, 0) is 21.0 Å². The van der Waals surface area contributed by atoms with Gasteiger partial charge in [0.05, 0.1) is 23.2 Å². The van der Waals surface area contributed by atoms with Crippen LogP contribution in [0, 0.1) is 33.8 Å². The fourth-order valence-electron chi connectivity index (χ4n) is 9.61. The second-order valence-corrected chi connectivity index (χ2v) is 15.7. The lowest BCUT2D eigenvalue weighted by molar-refractivity contribution is -0.384. The van der Waals surface area contributed by atoms with Crippen LogP contribution in [-0.4, -0.2) is 75.5 Å². The van der Waals surface area contributed by atoms with Crippen molar-refractivity contribution in [2.24, 2.45) is 28.8 Å². The van der Waals surface area contributed by atoms with Gasteiger partial charge in [0.15, 0.2) is 0 Å². The number of nitrogens with zero attached hydrogens (tertiary/aromatic N) is 3. The first-order valence-electron chi connectivity index (χ1n) is 20.1. The van der Waals surface area contributed by atoms with E-state index in [2.05, 4.69) is 12.7 Å². The maximum atomic E-state index is 14.2. The summed E-state index contributed by atoms with van der Waals surface area (Å²) in [4.78, 5) is 32.9. The van der Waals surface area contributed by atoms with Crippen LogP contribution < -0.4 is 4.74 Å². The summed E-state index contributed by atoms with van der Waals surface area (Å²) in [5.74, 6) is -0.629. The van der Waals surface area contributed by atoms with Gasteiger partial charge in [0.25, 0.3) is 5.69 Å². The first-order valence-corrected chi connectivity index (χ1v) is 20.1. The minimum absolute atomic E-state index is 0.00546. The molecule has 2 saturated carbocycles. The predicted molar refractivity (Wildman–Crippen MR) is 208 cm³/mol. The molecule has 12 nitrogen and oxygen atoms in total. The molecule has 0 spiro atoms. The quantitative estimate of drug-likeness (QED) is 0.0568. The fourth-order valence-corrected chi connectivity index (χ4v) is 9.61. The molecule has 6 unspecified atom stereocenters. The Hall–Kier alpha value is -4.26. The monoisotopic (exact) mass is 759 g/mol. The molecule has 2 fully saturated rings. The molecule has 0 bridgehead atoms. The molecular weight excluding hydrogens is 702 g/mol. The molecule has 2 aromatic rings. The molecule has 2 aromatic carbocycles. The van der Waals surface area contributed by atoms with Crippen LogP contribution in [0.4, 0.5) is 5.69 Å². The summed E-state index contributed by atoms with van der Waals surface area (Å²) in [6.45, 7) is 4.40. The molecule has 0 aromatic heterocycles. The van der Waals surface area contributed by atoms with Gasteiger partial charge in [0, 0.05) is 56.7 Å². The van der Waals surface area contributed by atoms with Crippen LogP contribution in [0.3, 0.4) is 0 Å². The van der Waals surface area contributed by atoms with Gasteiger partial charge in [-0.05, 0) is 91.3 Å². The second-order valence-electron chi connectivity index (χ2n) is 15.7. The third-order valence-electron chi connectivity index (χ3n) is 12.3. The van der Waals surface area contributed by atoms with Gasteiger partial charge in [-0.25, -0.2) is 0 Å². The maximum Gasteiger partial charge on any atom is 0.269 e. The zero-order valence-corrected chi connectivity index (χ0v) is 32.0. The molecule has 0 saturated heterocycles. The summed E-state index contributed by atoms with van der Waals surface area (Å²) in [6, 6.07) is 10.8. The smallest absolute Gasteiger partial charge is 0.269 e. The largest absolute Gasteiger partial charge is 0.508 e. The molecule has 298 valence electrons. The van der Waals surface area contributed by atoms with Crippen molar-refractivity contribution in [2.45, 2.75) is 108 Å².